The normalized spacial score (nSPS) is 14.3. The van der Waals surface area contributed by atoms with E-state index in [1.807, 2.05) is 26.0 Å². The Bertz CT molecular complexity index is 1000. The molecule has 0 bridgehead atoms. The molecule has 1 fully saturated rings. The summed E-state index contributed by atoms with van der Waals surface area (Å²) >= 11 is 0. The number of alkyl halides is 1. The Morgan fingerprint density at radius 2 is 1.89 bits per heavy atom. The molecule has 142 valence electrons. The third kappa shape index (κ3) is 3.60. The van der Waals surface area contributed by atoms with Gasteiger partial charge in [-0.3, -0.25) is 14.6 Å². The van der Waals surface area contributed by atoms with E-state index in [0.29, 0.717) is 18.5 Å². The van der Waals surface area contributed by atoms with Crippen LogP contribution in [0.15, 0.2) is 58.8 Å². The summed E-state index contributed by atoms with van der Waals surface area (Å²) in [6.45, 7) is 3.55. The molecule has 0 radical (unpaired) electrons. The molecular weight excluding hydrogens is 349 g/mol. The van der Waals surface area contributed by atoms with Gasteiger partial charge < -0.3 is 9.13 Å². The summed E-state index contributed by atoms with van der Waals surface area (Å²) in [6.07, 6.45) is 9.31. The molecule has 0 atom stereocenters. The number of nitrogens with zero attached hydrogens (tertiary/aromatic N) is 5. The van der Waals surface area contributed by atoms with Crippen LogP contribution in [0.1, 0.15) is 32.4 Å². The van der Waals surface area contributed by atoms with Gasteiger partial charge in [0, 0.05) is 24.8 Å². The van der Waals surface area contributed by atoms with Crippen LogP contribution in [0, 0.1) is 0 Å². The molecule has 8 heteroatoms. The molecule has 0 N–H and O–H groups in total. The van der Waals surface area contributed by atoms with Crippen LogP contribution >= 0.6 is 0 Å². The van der Waals surface area contributed by atoms with Crippen LogP contribution in [-0.2, 0) is 12.1 Å². The van der Waals surface area contributed by atoms with Gasteiger partial charge in [-0.2, -0.15) is 5.10 Å². The first kappa shape index (κ1) is 18.8. The predicted molar refractivity (Wildman–Crippen MR) is 100.0 cm³/mol. The minimum atomic E-state index is -0.807. The van der Waals surface area contributed by atoms with Gasteiger partial charge in [-0.05, 0) is 31.0 Å². The quantitative estimate of drug-likeness (QED) is 0.644. The molecule has 7 nitrogen and oxygen atoms in total. The molecule has 3 aromatic heterocycles. The summed E-state index contributed by atoms with van der Waals surface area (Å²) in [7, 11) is 0. The van der Waals surface area contributed by atoms with Crippen molar-refractivity contribution in [1.29, 1.82) is 0 Å². The van der Waals surface area contributed by atoms with Crippen molar-refractivity contribution in [3.63, 3.8) is 0 Å². The highest BCUT2D eigenvalue weighted by Gasteiger charge is 2.45. The van der Waals surface area contributed by atoms with Gasteiger partial charge in [0.25, 0.3) is 0 Å². The third-order valence-corrected chi connectivity index (χ3v) is 4.56. The van der Waals surface area contributed by atoms with Gasteiger partial charge in [-0.25, -0.2) is 9.07 Å². The fraction of sp³-hybridized carbons (Fsp3) is 0.368. The maximum Gasteiger partial charge on any atom is 0.317 e. The van der Waals surface area contributed by atoms with Crippen molar-refractivity contribution in [1.82, 2.24) is 23.9 Å². The lowest BCUT2D eigenvalue weighted by Crippen LogP contribution is -2.45. The highest BCUT2D eigenvalue weighted by atomic mass is 19.1. The minimum Gasteiger partial charge on any atom is -0.303 e. The van der Waals surface area contributed by atoms with Crippen molar-refractivity contribution >= 4 is 0 Å². The van der Waals surface area contributed by atoms with Gasteiger partial charge in [-0.1, -0.05) is 13.8 Å². The monoisotopic (exact) mass is 371 g/mol. The number of halogens is 1. The van der Waals surface area contributed by atoms with E-state index in [4.69, 9.17) is 0 Å². The molecule has 0 aromatic carbocycles. The zero-order chi connectivity index (χ0) is 19.4. The Balaban J connectivity index is 0.00000102. The van der Waals surface area contributed by atoms with E-state index in [9.17, 15) is 14.0 Å². The Morgan fingerprint density at radius 1 is 1.11 bits per heavy atom. The van der Waals surface area contributed by atoms with E-state index >= 15 is 0 Å². The van der Waals surface area contributed by atoms with Gasteiger partial charge in [0.1, 0.15) is 6.67 Å². The highest BCUT2D eigenvalue weighted by Crippen LogP contribution is 2.42. The molecule has 3 heterocycles. The molecule has 0 saturated heterocycles. The van der Waals surface area contributed by atoms with Crippen molar-refractivity contribution in [2.75, 3.05) is 6.67 Å². The van der Waals surface area contributed by atoms with Gasteiger partial charge in [0.2, 0.25) is 0 Å². The molecular formula is C19H22FN5O2. The van der Waals surface area contributed by atoms with Gasteiger partial charge >= 0.3 is 11.1 Å². The van der Waals surface area contributed by atoms with Gasteiger partial charge in [0.15, 0.2) is 0 Å². The molecule has 0 unspecified atom stereocenters. The Morgan fingerprint density at radius 3 is 2.44 bits per heavy atom. The number of hydrogen-bond donors (Lipinski definition) is 0. The van der Waals surface area contributed by atoms with E-state index in [1.165, 1.54) is 21.5 Å². The molecule has 1 aliphatic rings. The SMILES string of the molecule is CC.O=c1c(=O)n(C2(CF)CC2)ccn1Cc1ccc(-n2cccn2)cn1. The van der Waals surface area contributed by atoms with E-state index in [2.05, 4.69) is 10.1 Å². The lowest BCUT2D eigenvalue weighted by molar-refractivity contribution is 0.326. The van der Waals surface area contributed by atoms with Crippen molar-refractivity contribution < 1.29 is 4.39 Å². The van der Waals surface area contributed by atoms with Crippen molar-refractivity contribution in [3.8, 4) is 5.69 Å². The van der Waals surface area contributed by atoms with E-state index in [1.54, 1.807) is 29.3 Å². The number of rotatable bonds is 5. The van der Waals surface area contributed by atoms with Gasteiger partial charge in [-0.15, -0.1) is 0 Å². The molecule has 3 aromatic rings. The fourth-order valence-corrected chi connectivity index (χ4v) is 2.83. The summed E-state index contributed by atoms with van der Waals surface area (Å²) in [6, 6.07) is 5.43. The van der Waals surface area contributed by atoms with Crippen LogP contribution in [0.5, 0.6) is 0 Å². The second-order valence-corrected chi connectivity index (χ2v) is 6.22. The maximum absolute atomic E-state index is 13.1. The number of pyridine rings is 1. The highest BCUT2D eigenvalue weighted by molar-refractivity contribution is 5.28. The summed E-state index contributed by atoms with van der Waals surface area (Å²) in [5.74, 6) is 0. The summed E-state index contributed by atoms with van der Waals surface area (Å²) in [4.78, 5) is 28.9. The molecule has 4 rings (SSSR count). The lowest BCUT2D eigenvalue weighted by Gasteiger charge is -2.15. The number of hydrogen-bond acceptors (Lipinski definition) is 4. The first-order chi connectivity index (χ1) is 13.1. The van der Waals surface area contributed by atoms with Gasteiger partial charge in [0.05, 0.1) is 29.7 Å². The molecule has 1 aliphatic carbocycles. The molecule has 1 saturated carbocycles. The Hall–Kier alpha value is -3.03. The minimum absolute atomic E-state index is 0.178. The smallest absolute Gasteiger partial charge is 0.303 e. The molecule has 27 heavy (non-hydrogen) atoms. The molecule has 0 spiro atoms. The lowest BCUT2D eigenvalue weighted by atomic mass is 10.3. The zero-order valence-corrected chi connectivity index (χ0v) is 15.4. The van der Waals surface area contributed by atoms with Crippen molar-refractivity contribution in [3.05, 3.63) is 75.6 Å². The zero-order valence-electron chi connectivity index (χ0n) is 15.4. The van der Waals surface area contributed by atoms with Crippen molar-refractivity contribution in [2.24, 2.45) is 0 Å². The van der Waals surface area contributed by atoms with Crippen LogP contribution in [0.2, 0.25) is 0 Å². The number of aromatic nitrogens is 5. The van der Waals surface area contributed by atoms with E-state index in [0.717, 1.165) is 5.69 Å². The topological polar surface area (TPSA) is 74.7 Å². The summed E-state index contributed by atoms with van der Waals surface area (Å²) in [5.41, 5.74) is -0.721. The standard InChI is InChI=1S/C17H16FN5O2.C2H6/c18-12-17(4-5-17)22-9-8-21(15(24)16(22)25)11-13-2-3-14(10-19-13)23-7-1-6-20-23;1-2/h1-3,6-10H,4-5,11-12H2;1-2H3. The van der Waals surface area contributed by atoms with Crippen LogP contribution in [0.3, 0.4) is 0 Å². The average molecular weight is 371 g/mol. The first-order valence-corrected chi connectivity index (χ1v) is 8.96. The first-order valence-electron chi connectivity index (χ1n) is 8.96. The fourth-order valence-electron chi connectivity index (χ4n) is 2.83. The predicted octanol–water partition coefficient (Wildman–Crippen LogP) is 2.12. The Labute approximate surface area is 155 Å². The van der Waals surface area contributed by atoms with E-state index < -0.39 is 23.3 Å². The molecule has 0 amide bonds. The van der Waals surface area contributed by atoms with Crippen LogP contribution in [-0.4, -0.2) is 30.6 Å². The van der Waals surface area contributed by atoms with Crippen LogP contribution < -0.4 is 11.1 Å². The second kappa shape index (κ2) is 7.69. The largest absolute Gasteiger partial charge is 0.317 e. The van der Waals surface area contributed by atoms with Crippen LogP contribution in [0.25, 0.3) is 5.69 Å². The molecule has 0 aliphatic heterocycles. The maximum atomic E-state index is 13.1. The van der Waals surface area contributed by atoms with E-state index in [-0.39, 0.29) is 6.54 Å². The Kier molecular flexibility index (Phi) is 5.34. The third-order valence-electron chi connectivity index (χ3n) is 4.56. The average Bonchev–Trinajstić information content (AvgIpc) is 3.31. The summed E-state index contributed by atoms with van der Waals surface area (Å²) in [5, 5.41) is 4.12. The van der Waals surface area contributed by atoms with Crippen LogP contribution in [0.4, 0.5) is 4.39 Å². The van der Waals surface area contributed by atoms with Crippen molar-refractivity contribution in [2.45, 2.75) is 38.8 Å². The summed E-state index contributed by atoms with van der Waals surface area (Å²) < 4.78 is 17.4. The second-order valence-electron chi connectivity index (χ2n) is 6.22.